The number of rotatable bonds is 10. The summed E-state index contributed by atoms with van der Waals surface area (Å²) in [5.74, 6) is -0.634. The maximum Gasteiger partial charge on any atom is 0.387 e. The van der Waals surface area contributed by atoms with Crippen LogP contribution < -0.4 is 14.8 Å². The molecule has 178 valence electrons. The third-order valence-corrected chi connectivity index (χ3v) is 5.47. The molecule has 2 aromatic carbocycles. The number of alkyl halides is 2. The number of Topliss-reactive ketones (excluding diaryl/α,β-unsaturated/α-hetero) is 1. The van der Waals surface area contributed by atoms with Crippen molar-refractivity contribution in [3.05, 3.63) is 64.6 Å². The number of imide groups is 1. The first-order valence-corrected chi connectivity index (χ1v) is 10.9. The van der Waals surface area contributed by atoms with Crippen molar-refractivity contribution in [2.75, 3.05) is 19.7 Å². The quantitative estimate of drug-likeness (QED) is 0.400. The van der Waals surface area contributed by atoms with Crippen molar-refractivity contribution in [2.24, 2.45) is 0 Å². The predicted octanol–water partition coefficient (Wildman–Crippen LogP) is 3.72. The zero-order chi connectivity index (χ0) is 24.7. The molecule has 34 heavy (non-hydrogen) atoms. The molecule has 3 rings (SSSR count). The Morgan fingerprint density at radius 1 is 1.06 bits per heavy atom. The van der Waals surface area contributed by atoms with Gasteiger partial charge in [-0.1, -0.05) is 12.1 Å². The molecule has 1 heterocycles. The van der Waals surface area contributed by atoms with Crippen LogP contribution in [-0.4, -0.2) is 54.0 Å². The fourth-order valence-corrected chi connectivity index (χ4v) is 3.75. The highest BCUT2D eigenvalue weighted by molar-refractivity contribution is 8.18. The van der Waals surface area contributed by atoms with E-state index < -0.39 is 23.7 Å². The molecule has 1 saturated heterocycles. The molecule has 1 N–H and O–H groups in total. The maximum absolute atomic E-state index is 12.5. The number of nitrogens with one attached hydrogen (secondary N) is 1. The SMILES string of the molecule is CC(=O)c1ccc(OCC(=O)NCCN2C(=O)S/C(=C\c3ccc(OC(F)F)cc3)C2=O)cc1. The van der Waals surface area contributed by atoms with Crippen LogP contribution in [0.3, 0.4) is 0 Å². The molecule has 3 amide bonds. The minimum atomic E-state index is -2.94. The molecule has 1 fully saturated rings. The van der Waals surface area contributed by atoms with Gasteiger partial charge < -0.3 is 14.8 Å². The number of amides is 3. The van der Waals surface area contributed by atoms with Gasteiger partial charge in [-0.15, -0.1) is 0 Å². The summed E-state index contributed by atoms with van der Waals surface area (Å²) in [7, 11) is 0. The van der Waals surface area contributed by atoms with Crippen LogP contribution in [0.2, 0.25) is 0 Å². The van der Waals surface area contributed by atoms with E-state index in [2.05, 4.69) is 10.1 Å². The van der Waals surface area contributed by atoms with E-state index in [1.807, 2.05) is 0 Å². The molecular formula is C23H20F2N2O6S. The van der Waals surface area contributed by atoms with Crippen molar-refractivity contribution >= 4 is 40.7 Å². The van der Waals surface area contributed by atoms with Gasteiger partial charge in [-0.05, 0) is 66.7 Å². The molecule has 2 aromatic rings. The summed E-state index contributed by atoms with van der Waals surface area (Å²) in [5.41, 5.74) is 1.06. The van der Waals surface area contributed by atoms with Gasteiger partial charge >= 0.3 is 6.61 Å². The van der Waals surface area contributed by atoms with E-state index >= 15 is 0 Å². The molecule has 8 nitrogen and oxygen atoms in total. The zero-order valence-corrected chi connectivity index (χ0v) is 18.8. The maximum atomic E-state index is 12.5. The van der Waals surface area contributed by atoms with E-state index in [9.17, 15) is 28.0 Å². The van der Waals surface area contributed by atoms with Gasteiger partial charge in [0.15, 0.2) is 12.4 Å². The van der Waals surface area contributed by atoms with Crippen LogP contribution in [0.4, 0.5) is 13.6 Å². The molecule has 0 atom stereocenters. The minimum absolute atomic E-state index is 0.0203. The first-order valence-electron chi connectivity index (χ1n) is 10.0. The Balaban J connectivity index is 1.46. The molecule has 11 heteroatoms. The second-order valence-electron chi connectivity index (χ2n) is 7.00. The summed E-state index contributed by atoms with van der Waals surface area (Å²) < 4.78 is 34.1. The monoisotopic (exact) mass is 490 g/mol. The number of nitrogens with zero attached hydrogens (tertiary/aromatic N) is 1. The number of ether oxygens (including phenoxy) is 2. The highest BCUT2D eigenvalue weighted by atomic mass is 32.2. The number of carbonyl (C=O) groups excluding carboxylic acids is 4. The topological polar surface area (TPSA) is 102 Å². The van der Waals surface area contributed by atoms with E-state index in [1.54, 1.807) is 24.3 Å². The summed E-state index contributed by atoms with van der Waals surface area (Å²) in [4.78, 5) is 49.1. The largest absolute Gasteiger partial charge is 0.484 e. The Kier molecular flexibility index (Phi) is 8.36. The molecule has 0 bridgehead atoms. The second kappa shape index (κ2) is 11.4. The first-order chi connectivity index (χ1) is 16.2. The molecule has 1 aliphatic rings. The number of carbonyl (C=O) groups is 4. The van der Waals surface area contributed by atoms with Crippen LogP contribution >= 0.6 is 11.8 Å². The van der Waals surface area contributed by atoms with Crippen LogP contribution in [0.5, 0.6) is 11.5 Å². The van der Waals surface area contributed by atoms with Gasteiger partial charge in [0.1, 0.15) is 11.5 Å². The van der Waals surface area contributed by atoms with Gasteiger partial charge in [0.05, 0.1) is 4.91 Å². The number of benzene rings is 2. The number of hydrogen-bond donors (Lipinski definition) is 1. The van der Waals surface area contributed by atoms with E-state index in [0.717, 1.165) is 16.7 Å². The van der Waals surface area contributed by atoms with Crippen molar-refractivity contribution in [1.82, 2.24) is 10.2 Å². The van der Waals surface area contributed by atoms with Crippen LogP contribution in [0.1, 0.15) is 22.8 Å². The van der Waals surface area contributed by atoms with Crippen LogP contribution in [0, 0.1) is 0 Å². The number of halogens is 2. The fraction of sp³-hybridized carbons (Fsp3) is 0.217. The highest BCUT2D eigenvalue weighted by Gasteiger charge is 2.34. The Bertz CT molecular complexity index is 1100. The number of hydrogen-bond acceptors (Lipinski definition) is 7. The van der Waals surface area contributed by atoms with Crippen LogP contribution in [0.25, 0.3) is 6.08 Å². The Labute approximate surface area is 197 Å². The molecule has 1 aliphatic heterocycles. The van der Waals surface area contributed by atoms with Gasteiger partial charge in [0.2, 0.25) is 0 Å². The lowest BCUT2D eigenvalue weighted by Crippen LogP contribution is -2.38. The summed E-state index contributed by atoms with van der Waals surface area (Å²) in [5, 5.41) is 2.09. The Morgan fingerprint density at radius 2 is 1.71 bits per heavy atom. The standard InChI is InChI=1S/C23H20F2N2O6S/c1-14(28)16-4-8-17(9-5-16)32-13-20(29)26-10-11-27-21(30)19(34-23(27)31)12-15-2-6-18(7-3-15)33-22(24)25/h2-9,12,22H,10-11,13H2,1H3,(H,26,29)/b19-12-. The van der Waals surface area contributed by atoms with Crippen LogP contribution in [0.15, 0.2) is 53.4 Å². The van der Waals surface area contributed by atoms with Crippen molar-refractivity contribution in [1.29, 1.82) is 0 Å². The van der Waals surface area contributed by atoms with Gasteiger partial charge in [-0.25, -0.2) is 0 Å². The van der Waals surface area contributed by atoms with Crippen molar-refractivity contribution in [3.63, 3.8) is 0 Å². The Morgan fingerprint density at radius 3 is 2.32 bits per heavy atom. The van der Waals surface area contributed by atoms with E-state index in [1.165, 1.54) is 37.3 Å². The van der Waals surface area contributed by atoms with E-state index in [0.29, 0.717) is 16.9 Å². The highest BCUT2D eigenvalue weighted by Crippen LogP contribution is 2.32. The first kappa shape index (κ1) is 24.9. The molecule has 0 saturated carbocycles. The third kappa shape index (κ3) is 6.88. The number of ketones is 1. The fourth-order valence-electron chi connectivity index (χ4n) is 2.88. The number of thioether (sulfide) groups is 1. The molecule has 0 spiro atoms. The summed E-state index contributed by atoms with van der Waals surface area (Å²) in [6.07, 6.45) is 1.47. The van der Waals surface area contributed by atoms with Gasteiger partial charge in [-0.3, -0.25) is 24.1 Å². The average molecular weight is 490 g/mol. The molecular weight excluding hydrogens is 470 g/mol. The normalized spacial score (nSPS) is 14.6. The van der Waals surface area contributed by atoms with Gasteiger partial charge in [-0.2, -0.15) is 8.78 Å². The minimum Gasteiger partial charge on any atom is -0.484 e. The van der Waals surface area contributed by atoms with Crippen molar-refractivity contribution in [2.45, 2.75) is 13.5 Å². The third-order valence-electron chi connectivity index (χ3n) is 4.56. The summed E-state index contributed by atoms with van der Waals surface area (Å²) >= 11 is 0.747. The van der Waals surface area contributed by atoms with E-state index in [4.69, 9.17) is 4.74 Å². The van der Waals surface area contributed by atoms with Crippen molar-refractivity contribution < 1.29 is 37.4 Å². The van der Waals surface area contributed by atoms with Gasteiger partial charge in [0, 0.05) is 18.7 Å². The lowest BCUT2D eigenvalue weighted by Gasteiger charge is -2.13. The second-order valence-corrected chi connectivity index (χ2v) is 7.99. The van der Waals surface area contributed by atoms with Gasteiger partial charge in [0.25, 0.3) is 17.1 Å². The molecule has 0 radical (unpaired) electrons. The van der Waals surface area contributed by atoms with Crippen molar-refractivity contribution in [3.8, 4) is 11.5 Å². The average Bonchev–Trinajstić information content (AvgIpc) is 3.06. The summed E-state index contributed by atoms with van der Waals surface area (Å²) in [6.45, 7) is -1.75. The lowest BCUT2D eigenvalue weighted by molar-refractivity contribution is -0.125. The molecule has 0 aromatic heterocycles. The summed E-state index contributed by atoms with van der Waals surface area (Å²) in [6, 6.07) is 12.0. The lowest BCUT2D eigenvalue weighted by atomic mass is 10.1. The van der Waals surface area contributed by atoms with Crippen LogP contribution in [-0.2, 0) is 9.59 Å². The smallest absolute Gasteiger partial charge is 0.387 e. The molecule has 0 unspecified atom stereocenters. The predicted molar refractivity (Wildman–Crippen MR) is 121 cm³/mol. The molecule has 0 aliphatic carbocycles. The Hall–Kier alpha value is -3.73. The zero-order valence-electron chi connectivity index (χ0n) is 18.0. The van der Waals surface area contributed by atoms with E-state index in [-0.39, 0.29) is 36.1 Å².